The molecule has 0 aliphatic carbocycles. The third kappa shape index (κ3) is 1.89. The molecule has 14 heavy (non-hydrogen) atoms. The molecular weight excluding hydrogens is 184 g/mol. The number of hydrogen-bond donors (Lipinski definition) is 0. The molecule has 0 radical (unpaired) electrons. The van der Waals surface area contributed by atoms with Gasteiger partial charge in [-0.15, -0.1) is 0 Å². The molecule has 0 N–H and O–H groups in total. The SMILES string of the molecule is CCC(CC)C(CC)(C(=O)[O-])C(=O)[O-]. The summed E-state index contributed by atoms with van der Waals surface area (Å²) in [7, 11) is 0. The Morgan fingerprint density at radius 2 is 1.43 bits per heavy atom. The predicted octanol–water partition coefficient (Wildman–Crippen LogP) is -0.681. The van der Waals surface area contributed by atoms with E-state index in [0.29, 0.717) is 12.8 Å². The van der Waals surface area contributed by atoms with E-state index in [1.165, 1.54) is 6.92 Å². The largest absolute Gasteiger partial charge is 0.549 e. The fraction of sp³-hybridized carbons (Fsp3) is 0.800. The van der Waals surface area contributed by atoms with Crippen molar-refractivity contribution < 1.29 is 19.8 Å². The van der Waals surface area contributed by atoms with Crippen molar-refractivity contribution in [1.82, 2.24) is 0 Å². The highest BCUT2D eigenvalue weighted by Crippen LogP contribution is 2.35. The lowest BCUT2D eigenvalue weighted by Gasteiger charge is -2.41. The summed E-state index contributed by atoms with van der Waals surface area (Å²) in [4.78, 5) is 21.8. The van der Waals surface area contributed by atoms with E-state index in [0.717, 1.165) is 0 Å². The van der Waals surface area contributed by atoms with Crippen LogP contribution >= 0.6 is 0 Å². The number of aliphatic carboxylic acids is 2. The monoisotopic (exact) mass is 200 g/mol. The fourth-order valence-electron chi connectivity index (χ4n) is 1.98. The number of carbonyl (C=O) groups excluding carboxylic acids is 2. The van der Waals surface area contributed by atoms with E-state index in [1.807, 2.05) is 0 Å². The molecule has 0 rings (SSSR count). The van der Waals surface area contributed by atoms with Gasteiger partial charge in [0.1, 0.15) is 0 Å². The maximum atomic E-state index is 10.9. The minimum Gasteiger partial charge on any atom is -0.549 e. The summed E-state index contributed by atoms with van der Waals surface area (Å²) in [6.45, 7) is 5.07. The van der Waals surface area contributed by atoms with E-state index in [2.05, 4.69) is 0 Å². The maximum absolute atomic E-state index is 10.9. The van der Waals surface area contributed by atoms with Crippen LogP contribution in [0.4, 0.5) is 0 Å². The average molecular weight is 200 g/mol. The van der Waals surface area contributed by atoms with E-state index < -0.39 is 23.3 Å². The van der Waals surface area contributed by atoms with Crippen LogP contribution in [0.15, 0.2) is 0 Å². The van der Waals surface area contributed by atoms with Crippen LogP contribution < -0.4 is 10.2 Å². The molecule has 4 heteroatoms. The molecule has 0 bridgehead atoms. The van der Waals surface area contributed by atoms with Gasteiger partial charge in [0.15, 0.2) is 0 Å². The zero-order valence-electron chi connectivity index (χ0n) is 8.83. The molecule has 0 atom stereocenters. The second-order valence-corrected chi connectivity index (χ2v) is 3.41. The summed E-state index contributed by atoms with van der Waals surface area (Å²) in [6, 6.07) is 0. The zero-order chi connectivity index (χ0) is 11.4. The summed E-state index contributed by atoms with van der Waals surface area (Å²) < 4.78 is 0. The lowest BCUT2D eigenvalue weighted by Crippen LogP contribution is -2.57. The molecule has 0 aromatic carbocycles. The molecule has 0 heterocycles. The Balaban J connectivity index is 5.22. The molecule has 4 nitrogen and oxygen atoms in total. The number of hydrogen-bond acceptors (Lipinski definition) is 4. The zero-order valence-corrected chi connectivity index (χ0v) is 8.83. The minimum atomic E-state index is -1.83. The third-order valence-electron chi connectivity index (χ3n) is 2.97. The van der Waals surface area contributed by atoms with Crippen molar-refractivity contribution in [2.24, 2.45) is 11.3 Å². The summed E-state index contributed by atoms with van der Waals surface area (Å²) in [5.74, 6) is -3.50. The molecule has 0 aliphatic heterocycles. The Kier molecular flexibility index (Phi) is 4.60. The number of carboxylic acid groups (broad SMARTS) is 2. The van der Waals surface area contributed by atoms with Gasteiger partial charge < -0.3 is 19.8 Å². The normalized spacial score (nSPS) is 11.7. The summed E-state index contributed by atoms with van der Waals surface area (Å²) in [5, 5.41) is 21.8. The molecule has 0 fully saturated rings. The Morgan fingerprint density at radius 3 is 1.50 bits per heavy atom. The first-order valence-electron chi connectivity index (χ1n) is 4.90. The van der Waals surface area contributed by atoms with Crippen molar-refractivity contribution in [2.75, 3.05) is 0 Å². The van der Waals surface area contributed by atoms with Crippen LogP contribution in [-0.2, 0) is 9.59 Å². The van der Waals surface area contributed by atoms with E-state index in [1.54, 1.807) is 13.8 Å². The lowest BCUT2D eigenvalue weighted by atomic mass is 9.71. The van der Waals surface area contributed by atoms with Crippen LogP contribution in [0.25, 0.3) is 0 Å². The van der Waals surface area contributed by atoms with Crippen molar-refractivity contribution in [3.63, 3.8) is 0 Å². The summed E-state index contributed by atoms with van der Waals surface area (Å²) in [6.07, 6.45) is 0.989. The van der Waals surface area contributed by atoms with Gasteiger partial charge in [-0.3, -0.25) is 0 Å². The number of carboxylic acids is 2. The quantitative estimate of drug-likeness (QED) is 0.532. The van der Waals surface area contributed by atoms with Crippen LogP contribution in [0.5, 0.6) is 0 Å². The second-order valence-electron chi connectivity index (χ2n) is 3.41. The van der Waals surface area contributed by atoms with E-state index in [-0.39, 0.29) is 6.42 Å². The summed E-state index contributed by atoms with van der Waals surface area (Å²) >= 11 is 0. The molecule has 0 spiro atoms. The number of rotatable bonds is 6. The van der Waals surface area contributed by atoms with Crippen LogP contribution in [0, 0.1) is 11.3 Å². The van der Waals surface area contributed by atoms with Crippen molar-refractivity contribution in [3.05, 3.63) is 0 Å². The van der Waals surface area contributed by atoms with E-state index in [4.69, 9.17) is 0 Å². The average Bonchev–Trinajstić information content (AvgIpc) is 2.12. The van der Waals surface area contributed by atoms with Crippen molar-refractivity contribution in [1.29, 1.82) is 0 Å². The predicted molar refractivity (Wildman–Crippen MR) is 46.8 cm³/mol. The van der Waals surface area contributed by atoms with Gasteiger partial charge in [0.05, 0.1) is 17.4 Å². The number of carbonyl (C=O) groups is 2. The van der Waals surface area contributed by atoms with Crippen LogP contribution in [-0.4, -0.2) is 11.9 Å². The Morgan fingerprint density at radius 1 is 1.07 bits per heavy atom. The molecule has 0 saturated heterocycles. The van der Waals surface area contributed by atoms with Crippen LogP contribution in [0.3, 0.4) is 0 Å². The van der Waals surface area contributed by atoms with Gasteiger partial charge in [0.25, 0.3) is 0 Å². The minimum absolute atomic E-state index is 0.00398. The Bertz CT molecular complexity index is 204. The second kappa shape index (κ2) is 4.98. The highest BCUT2D eigenvalue weighted by Gasteiger charge is 2.38. The lowest BCUT2D eigenvalue weighted by molar-refractivity contribution is -0.347. The van der Waals surface area contributed by atoms with Gasteiger partial charge in [0, 0.05) is 0 Å². The molecule has 0 aromatic rings. The van der Waals surface area contributed by atoms with Crippen LogP contribution in [0.2, 0.25) is 0 Å². The molecule has 0 saturated carbocycles. The molecule has 0 aromatic heterocycles. The molecule has 0 amide bonds. The van der Waals surface area contributed by atoms with Gasteiger partial charge in [-0.1, -0.05) is 33.6 Å². The van der Waals surface area contributed by atoms with Crippen molar-refractivity contribution in [2.45, 2.75) is 40.0 Å². The fourth-order valence-corrected chi connectivity index (χ4v) is 1.98. The van der Waals surface area contributed by atoms with Gasteiger partial charge in [-0.05, 0) is 12.3 Å². The van der Waals surface area contributed by atoms with Crippen molar-refractivity contribution >= 4 is 11.9 Å². The summed E-state index contributed by atoms with van der Waals surface area (Å²) in [5.41, 5.74) is -1.83. The molecule has 0 aliphatic rings. The van der Waals surface area contributed by atoms with E-state index >= 15 is 0 Å². The Labute approximate surface area is 83.9 Å². The maximum Gasteiger partial charge on any atom is 0.0535 e. The van der Waals surface area contributed by atoms with Gasteiger partial charge >= 0.3 is 0 Å². The molecule has 82 valence electrons. The van der Waals surface area contributed by atoms with Gasteiger partial charge in [-0.25, -0.2) is 0 Å². The first kappa shape index (κ1) is 12.9. The standard InChI is InChI=1S/C10H18O4/c1-4-7(5-2)10(6-3,8(11)12)9(13)14/h7H,4-6H2,1-3H3,(H,11,12)(H,13,14)/p-2. The van der Waals surface area contributed by atoms with Crippen LogP contribution in [0.1, 0.15) is 40.0 Å². The molecule has 0 unspecified atom stereocenters. The van der Waals surface area contributed by atoms with Crippen molar-refractivity contribution in [3.8, 4) is 0 Å². The molecular formula is C10H16O4-2. The van der Waals surface area contributed by atoms with Gasteiger partial charge in [0.2, 0.25) is 0 Å². The first-order valence-corrected chi connectivity index (χ1v) is 4.90. The smallest absolute Gasteiger partial charge is 0.0535 e. The van der Waals surface area contributed by atoms with Gasteiger partial charge in [-0.2, -0.15) is 0 Å². The third-order valence-corrected chi connectivity index (χ3v) is 2.97. The topological polar surface area (TPSA) is 80.3 Å². The Hall–Kier alpha value is -1.06. The first-order chi connectivity index (χ1) is 6.47. The van der Waals surface area contributed by atoms with E-state index in [9.17, 15) is 19.8 Å². The highest BCUT2D eigenvalue weighted by molar-refractivity contribution is 5.96. The highest BCUT2D eigenvalue weighted by atomic mass is 16.4.